The highest BCUT2D eigenvalue weighted by Gasteiger charge is 2.24. The SMILES string of the molecule is COc1cccc(COc2ccc3c(ccn3[C@@H](c3ccccc3)[C@H](O)CCNC(=O)O)c2)c1. The fraction of sp³-hybridized carbons (Fsp3) is 0.222. The molecule has 1 aromatic heterocycles. The molecule has 0 saturated carbocycles. The van der Waals surface area contributed by atoms with E-state index in [0.29, 0.717) is 6.61 Å². The van der Waals surface area contributed by atoms with Crippen molar-refractivity contribution in [2.75, 3.05) is 13.7 Å². The number of aliphatic hydroxyl groups excluding tert-OH is 1. The van der Waals surface area contributed by atoms with Crippen molar-refractivity contribution < 1.29 is 24.5 Å². The zero-order valence-electron chi connectivity index (χ0n) is 18.9. The lowest BCUT2D eigenvalue weighted by Crippen LogP contribution is -2.30. The first-order valence-electron chi connectivity index (χ1n) is 11.1. The number of carboxylic acid groups (broad SMARTS) is 1. The second-order valence-electron chi connectivity index (χ2n) is 8.03. The molecule has 0 aliphatic heterocycles. The predicted molar refractivity (Wildman–Crippen MR) is 130 cm³/mol. The summed E-state index contributed by atoms with van der Waals surface area (Å²) in [6.07, 6.45) is 0.347. The lowest BCUT2D eigenvalue weighted by Gasteiger charge is -2.26. The molecule has 34 heavy (non-hydrogen) atoms. The number of carbonyl (C=O) groups is 1. The molecule has 0 unspecified atom stereocenters. The molecule has 7 nitrogen and oxygen atoms in total. The first-order chi connectivity index (χ1) is 16.5. The molecule has 0 fully saturated rings. The summed E-state index contributed by atoms with van der Waals surface area (Å²) in [4.78, 5) is 10.8. The fourth-order valence-corrected chi connectivity index (χ4v) is 4.11. The van der Waals surface area contributed by atoms with Gasteiger partial charge in [0.25, 0.3) is 0 Å². The molecule has 3 aromatic carbocycles. The number of amides is 1. The van der Waals surface area contributed by atoms with Crippen molar-refractivity contribution in [1.29, 1.82) is 0 Å². The van der Waals surface area contributed by atoms with Crippen LogP contribution in [0.4, 0.5) is 4.79 Å². The molecule has 0 radical (unpaired) electrons. The number of methoxy groups -OCH3 is 1. The van der Waals surface area contributed by atoms with Crippen LogP contribution in [0, 0.1) is 0 Å². The molecule has 0 spiro atoms. The van der Waals surface area contributed by atoms with Gasteiger partial charge in [0.05, 0.1) is 19.3 Å². The maximum Gasteiger partial charge on any atom is 0.404 e. The minimum atomic E-state index is -1.10. The molecular weight excluding hydrogens is 432 g/mol. The molecule has 4 aromatic rings. The highest BCUT2D eigenvalue weighted by Crippen LogP contribution is 2.31. The number of nitrogens with zero attached hydrogens (tertiary/aromatic N) is 1. The minimum Gasteiger partial charge on any atom is -0.497 e. The number of aliphatic hydroxyl groups is 1. The van der Waals surface area contributed by atoms with Crippen molar-refractivity contribution >= 4 is 17.0 Å². The Morgan fingerprint density at radius 1 is 1.00 bits per heavy atom. The van der Waals surface area contributed by atoms with E-state index in [1.54, 1.807) is 7.11 Å². The van der Waals surface area contributed by atoms with E-state index in [0.717, 1.165) is 33.5 Å². The van der Waals surface area contributed by atoms with Gasteiger partial charge in [0.15, 0.2) is 0 Å². The standard InChI is InChI=1S/C27H28N2O5/c1-33-22-9-5-6-19(16-22)18-34-23-10-11-24-21(17-23)13-15-29(24)26(20-7-3-2-4-8-20)25(30)12-14-28-27(31)32/h2-11,13,15-17,25-26,28,30H,12,14,18H2,1H3,(H,31,32)/t25-,26+/m1/s1. The monoisotopic (exact) mass is 460 g/mol. The van der Waals surface area contributed by atoms with Crippen molar-refractivity contribution in [2.45, 2.75) is 25.2 Å². The highest BCUT2D eigenvalue weighted by atomic mass is 16.5. The van der Waals surface area contributed by atoms with Crippen LogP contribution in [-0.4, -0.2) is 40.6 Å². The lowest BCUT2D eigenvalue weighted by molar-refractivity contribution is 0.121. The average molecular weight is 461 g/mol. The lowest BCUT2D eigenvalue weighted by atomic mass is 9.98. The number of hydrogen-bond donors (Lipinski definition) is 3. The number of ether oxygens (including phenoxy) is 2. The average Bonchev–Trinajstić information content (AvgIpc) is 3.26. The van der Waals surface area contributed by atoms with Crippen LogP contribution in [0.3, 0.4) is 0 Å². The van der Waals surface area contributed by atoms with Gasteiger partial charge in [0.2, 0.25) is 0 Å². The summed E-state index contributed by atoms with van der Waals surface area (Å²) in [5.41, 5.74) is 2.91. The van der Waals surface area contributed by atoms with Crippen LogP contribution in [0.1, 0.15) is 23.6 Å². The quantitative estimate of drug-likeness (QED) is 0.315. The van der Waals surface area contributed by atoms with Crippen LogP contribution >= 0.6 is 0 Å². The Morgan fingerprint density at radius 3 is 2.59 bits per heavy atom. The Labute approximate surface area is 198 Å². The molecular formula is C27H28N2O5. The summed E-state index contributed by atoms with van der Waals surface area (Å²) in [6, 6.07) is 25.0. The van der Waals surface area contributed by atoms with Gasteiger partial charge in [-0.25, -0.2) is 4.79 Å². The first-order valence-corrected chi connectivity index (χ1v) is 11.1. The summed E-state index contributed by atoms with van der Waals surface area (Å²) in [7, 11) is 1.64. The van der Waals surface area contributed by atoms with Crippen LogP contribution in [0.25, 0.3) is 10.9 Å². The number of nitrogens with one attached hydrogen (secondary N) is 1. The van der Waals surface area contributed by atoms with E-state index in [9.17, 15) is 9.90 Å². The Balaban J connectivity index is 1.56. The van der Waals surface area contributed by atoms with Crippen molar-refractivity contribution in [3.8, 4) is 11.5 Å². The molecule has 0 aliphatic rings. The van der Waals surface area contributed by atoms with Gasteiger partial charge in [-0.05, 0) is 53.9 Å². The van der Waals surface area contributed by atoms with Crippen molar-refractivity contribution in [2.24, 2.45) is 0 Å². The Kier molecular flexibility index (Phi) is 7.34. The van der Waals surface area contributed by atoms with E-state index in [-0.39, 0.29) is 19.0 Å². The maximum absolute atomic E-state index is 11.0. The molecule has 0 bridgehead atoms. The van der Waals surface area contributed by atoms with Crippen LogP contribution in [0.5, 0.6) is 11.5 Å². The number of fused-ring (bicyclic) bond motifs is 1. The highest BCUT2D eigenvalue weighted by molar-refractivity contribution is 5.82. The molecule has 2 atom stereocenters. The normalized spacial score (nSPS) is 12.8. The number of hydrogen-bond acceptors (Lipinski definition) is 4. The topological polar surface area (TPSA) is 93.0 Å². The Bertz CT molecular complexity index is 1240. The van der Waals surface area contributed by atoms with E-state index >= 15 is 0 Å². The number of rotatable bonds is 10. The summed E-state index contributed by atoms with van der Waals surface area (Å²) in [5.74, 6) is 1.54. The largest absolute Gasteiger partial charge is 0.497 e. The van der Waals surface area contributed by atoms with Crippen LogP contribution in [-0.2, 0) is 6.61 Å². The van der Waals surface area contributed by atoms with E-state index in [1.165, 1.54) is 0 Å². The number of benzene rings is 3. The van der Waals surface area contributed by atoms with Gasteiger partial charge >= 0.3 is 6.09 Å². The van der Waals surface area contributed by atoms with E-state index in [1.807, 2.05) is 89.6 Å². The van der Waals surface area contributed by atoms with Crippen LogP contribution in [0.2, 0.25) is 0 Å². The number of aromatic nitrogens is 1. The summed E-state index contributed by atoms with van der Waals surface area (Å²) in [6.45, 7) is 0.590. The van der Waals surface area contributed by atoms with Crippen LogP contribution in [0.15, 0.2) is 85.1 Å². The molecule has 7 heteroatoms. The molecule has 176 valence electrons. The summed E-state index contributed by atoms with van der Waals surface area (Å²) >= 11 is 0. The molecule has 0 saturated heterocycles. The Hall–Kier alpha value is -3.97. The fourth-order valence-electron chi connectivity index (χ4n) is 4.11. The summed E-state index contributed by atoms with van der Waals surface area (Å²) in [5, 5.41) is 23.2. The van der Waals surface area contributed by atoms with E-state index < -0.39 is 12.2 Å². The Morgan fingerprint density at radius 2 is 1.82 bits per heavy atom. The van der Waals surface area contributed by atoms with Gasteiger partial charge in [-0.1, -0.05) is 42.5 Å². The summed E-state index contributed by atoms with van der Waals surface area (Å²) < 4.78 is 13.3. The smallest absolute Gasteiger partial charge is 0.404 e. The second-order valence-corrected chi connectivity index (χ2v) is 8.03. The van der Waals surface area contributed by atoms with Gasteiger partial charge in [0, 0.05) is 23.6 Å². The van der Waals surface area contributed by atoms with E-state index in [2.05, 4.69) is 5.32 Å². The second kappa shape index (κ2) is 10.8. The van der Waals surface area contributed by atoms with Gasteiger partial charge in [-0.2, -0.15) is 0 Å². The van der Waals surface area contributed by atoms with Gasteiger partial charge in [0.1, 0.15) is 18.1 Å². The zero-order chi connectivity index (χ0) is 23.9. The maximum atomic E-state index is 11.0. The zero-order valence-corrected chi connectivity index (χ0v) is 18.9. The molecule has 3 N–H and O–H groups in total. The third-order valence-electron chi connectivity index (χ3n) is 5.75. The molecule has 1 heterocycles. The minimum absolute atomic E-state index is 0.168. The predicted octanol–water partition coefficient (Wildman–Crippen LogP) is 4.84. The van der Waals surface area contributed by atoms with E-state index in [4.69, 9.17) is 14.6 Å². The first kappa shape index (κ1) is 23.2. The third-order valence-corrected chi connectivity index (χ3v) is 5.75. The van der Waals surface area contributed by atoms with Crippen molar-refractivity contribution in [3.63, 3.8) is 0 Å². The van der Waals surface area contributed by atoms with Gasteiger partial charge in [-0.15, -0.1) is 0 Å². The van der Waals surface area contributed by atoms with Gasteiger partial charge < -0.3 is 29.6 Å². The van der Waals surface area contributed by atoms with Crippen molar-refractivity contribution in [1.82, 2.24) is 9.88 Å². The van der Waals surface area contributed by atoms with Gasteiger partial charge in [-0.3, -0.25) is 0 Å². The molecule has 0 aliphatic carbocycles. The third kappa shape index (κ3) is 5.50. The molecule has 1 amide bonds. The molecule has 4 rings (SSSR count). The van der Waals surface area contributed by atoms with Crippen LogP contribution < -0.4 is 14.8 Å². The van der Waals surface area contributed by atoms with Crippen molar-refractivity contribution in [3.05, 3.63) is 96.2 Å².